The van der Waals surface area contributed by atoms with E-state index in [9.17, 15) is 9.59 Å². The molecule has 0 radical (unpaired) electrons. The van der Waals surface area contributed by atoms with E-state index in [1.807, 2.05) is 74.5 Å². The average molecular weight is 427 g/mol. The molecule has 0 heterocycles. The Hall–Kier alpha value is -3.66. The number of carbonyl (C=O) groups excluding carboxylic acids is 2. The van der Waals surface area contributed by atoms with E-state index in [1.165, 1.54) is 5.56 Å². The van der Waals surface area contributed by atoms with Crippen LogP contribution < -0.4 is 10.6 Å². The number of hydrogen-bond donors (Lipinski definition) is 2. The lowest BCUT2D eigenvalue weighted by molar-refractivity contribution is -0.117. The Balaban J connectivity index is 1.81. The fourth-order valence-corrected chi connectivity index (χ4v) is 3.19. The topological polar surface area (TPSA) is 58.2 Å². The van der Waals surface area contributed by atoms with Gasteiger partial charge in [-0.2, -0.15) is 0 Å². The molecule has 3 aromatic carbocycles. The van der Waals surface area contributed by atoms with Gasteiger partial charge >= 0.3 is 0 Å². The standard InChI is InChI=1S/C28H30N2O2/c1-19(2)24-15-11-22(12-16-24)17-26(30-27(31)25-13-7-21(4)8-14-25)28(32)29-18-23-9-5-20(3)6-10-23/h5-17,19H,18H2,1-4H3,(H,29,32)(H,30,31)/b26-17-. The summed E-state index contributed by atoms with van der Waals surface area (Å²) in [6.45, 7) is 8.64. The van der Waals surface area contributed by atoms with Crippen molar-refractivity contribution in [2.75, 3.05) is 0 Å². The van der Waals surface area contributed by atoms with Gasteiger partial charge in [0.1, 0.15) is 5.70 Å². The van der Waals surface area contributed by atoms with E-state index in [2.05, 4.69) is 24.5 Å². The van der Waals surface area contributed by atoms with Crippen LogP contribution in [0, 0.1) is 13.8 Å². The smallest absolute Gasteiger partial charge is 0.268 e. The molecule has 32 heavy (non-hydrogen) atoms. The molecule has 0 aliphatic carbocycles. The summed E-state index contributed by atoms with van der Waals surface area (Å²) < 4.78 is 0. The molecule has 2 amide bonds. The normalized spacial score (nSPS) is 11.3. The second kappa shape index (κ2) is 10.6. The number of aryl methyl sites for hydroxylation is 2. The van der Waals surface area contributed by atoms with Gasteiger partial charge in [0.05, 0.1) is 0 Å². The number of amides is 2. The first-order chi connectivity index (χ1) is 15.3. The second-order valence-corrected chi connectivity index (χ2v) is 8.37. The Bertz CT molecular complexity index is 1090. The fourth-order valence-electron chi connectivity index (χ4n) is 3.19. The van der Waals surface area contributed by atoms with Gasteiger partial charge in [-0.15, -0.1) is 0 Å². The Morgan fingerprint density at radius 3 is 1.94 bits per heavy atom. The Morgan fingerprint density at radius 2 is 1.38 bits per heavy atom. The zero-order valence-electron chi connectivity index (χ0n) is 19.1. The lowest BCUT2D eigenvalue weighted by atomic mass is 10.0. The number of rotatable bonds is 7. The maximum atomic E-state index is 13.0. The molecule has 2 N–H and O–H groups in total. The third-order valence-corrected chi connectivity index (χ3v) is 5.29. The first-order valence-electron chi connectivity index (χ1n) is 10.9. The van der Waals surface area contributed by atoms with E-state index in [0.29, 0.717) is 18.0 Å². The highest BCUT2D eigenvalue weighted by Gasteiger charge is 2.15. The monoisotopic (exact) mass is 426 g/mol. The van der Waals surface area contributed by atoms with Gasteiger partial charge in [-0.1, -0.05) is 85.6 Å². The van der Waals surface area contributed by atoms with Gasteiger partial charge in [-0.25, -0.2) is 0 Å². The first-order valence-corrected chi connectivity index (χ1v) is 10.9. The molecule has 0 fully saturated rings. The predicted molar refractivity (Wildman–Crippen MR) is 130 cm³/mol. The average Bonchev–Trinajstić information content (AvgIpc) is 2.78. The van der Waals surface area contributed by atoms with Gasteiger partial charge in [-0.05, 0) is 54.7 Å². The Morgan fingerprint density at radius 1 is 0.812 bits per heavy atom. The minimum Gasteiger partial charge on any atom is -0.347 e. The van der Waals surface area contributed by atoms with Crippen LogP contribution in [0.2, 0.25) is 0 Å². The minimum absolute atomic E-state index is 0.208. The molecule has 0 saturated heterocycles. The number of benzene rings is 3. The Labute approximate surface area is 190 Å². The van der Waals surface area contributed by atoms with Gasteiger partial charge in [0.25, 0.3) is 11.8 Å². The zero-order chi connectivity index (χ0) is 23.1. The molecule has 4 heteroatoms. The van der Waals surface area contributed by atoms with Crippen LogP contribution in [0.5, 0.6) is 0 Å². The molecular weight excluding hydrogens is 396 g/mol. The molecule has 4 nitrogen and oxygen atoms in total. The van der Waals surface area contributed by atoms with Gasteiger partial charge in [-0.3, -0.25) is 9.59 Å². The molecule has 0 atom stereocenters. The van der Waals surface area contributed by atoms with Crippen LogP contribution in [0.4, 0.5) is 0 Å². The van der Waals surface area contributed by atoms with Crippen molar-refractivity contribution in [1.29, 1.82) is 0 Å². The highest BCUT2D eigenvalue weighted by molar-refractivity contribution is 6.05. The van der Waals surface area contributed by atoms with E-state index in [0.717, 1.165) is 22.3 Å². The highest BCUT2D eigenvalue weighted by Crippen LogP contribution is 2.16. The quantitative estimate of drug-likeness (QED) is 0.489. The van der Waals surface area contributed by atoms with Crippen LogP contribution >= 0.6 is 0 Å². The van der Waals surface area contributed by atoms with Crippen molar-refractivity contribution in [3.63, 3.8) is 0 Å². The van der Waals surface area contributed by atoms with Crippen molar-refractivity contribution in [3.8, 4) is 0 Å². The number of nitrogens with one attached hydrogen (secondary N) is 2. The molecule has 164 valence electrons. The fraction of sp³-hybridized carbons (Fsp3) is 0.214. The van der Waals surface area contributed by atoms with Crippen LogP contribution in [0.3, 0.4) is 0 Å². The SMILES string of the molecule is Cc1ccc(CNC(=O)/C(=C/c2ccc(C(C)C)cc2)NC(=O)c2ccc(C)cc2)cc1. The minimum atomic E-state index is -0.334. The summed E-state index contributed by atoms with van der Waals surface area (Å²) in [6.07, 6.45) is 1.71. The molecule has 3 aromatic rings. The summed E-state index contributed by atoms with van der Waals surface area (Å²) in [5.74, 6) is -0.231. The summed E-state index contributed by atoms with van der Waals surface area (Å²) in [6, 6.07) is 23.2. The van der Waals surface area contributed by atoms with E-state index >= 15 is 0 Å². The van der Waals surface area contributed by atoms with Crippen molar-refractivity contribution in [1.82, 2.24) is 10.6 Å². The van der Waals surface area contributed by atoms with Crippen molar-refractivity contribution in [3.05, 3.63) is 112 Å². The first kappa shape index (κ1) is 23.0. The molecular formula is C28H30N2O2. The van der Waals surface area contributed by atoms with Crippen molar-refractivity contribution in [2.45, 2.75) is 40.2 Å². The van der Waals surface area contributed by atoms with Crippen LogP contribution in [0.25, 0.3) is 6.08 Å². The van der Waals surface area contributed by atoms with E-state index in [-0.39, 0.29) is 17.5 Å². The van der Waals surface area contributed by atoms with Gasteiger partial charge in [0.2, 0.25) is 0 Å². The third kappa shape index (κ3) is 6.42. The van der Waals surface area contributed by atoms with Crippen molar-refractivity contribution in [2.24, 2.45) is 0 Å². The van der Waals surface area contributed by atoms with Crippen molar-refractivity contribution < 1.29 is 9.59 Å². The lowest BCUT2D eigenvalue weighted by Crippen LogP contribution is -2.34. The van der Waals surface area contributed by atoms with Crippen LogP contribution in [0.1, 0.15) is 57.9 Å². The second-order valence-electron chi connectivity index (χ2n) is 8.37. The molecule has 0 saturated carbocycles. The van der Waals surface area contributed by atoms with Gasteiger partial charge in [0.15, 0.2) is 0 Å². The number of hydrogen-bond acceptors (Lipinski definition) is 2. The van der Waals surface area contributed by atoms with Gasteiger partial charge < -0.3 is 10.6 Å². The van der Waals surface area contributed by atoms with Crippen molar-refractivity contribution >= 4 is 17.9 Å². The van der Waals surface area contributed by atoms with Crippen LogP contribution in [-0.2, 0) is 11.3 Å². The molecule has 0 aromatic heterocycles. The maximum Gasteiger partial charge on any atom is 0.268 e. The number of carbonyl (C=O) groups is 2. The van der Waals surface area contributed by atoms with E-state index < -0.39 is 0 Å². The van der Waals surface area contributed by atoms with Gasteiger partial charge in [0, 0.05) is 12.1 Å². The summed E-state index contributed by atoms with van der Waals surface area (Å²) >= 11 is 0. The summed E-state index contributed by atoms with van der Waals surface area (Å²) in [5.41, 5.74) is 6.00. The molecule has 0 spiro atoms. The van der Waals surface area contributed by atoms with E-state index in [1.54, 1.807) is 18.2 Å². The maximum absolute atomic E-state index is 13.0. The molecule has 0 aliphatic rings. The lowest BCUT2D eigenvalue weighted by Gasteiger charge is -2.12. The predicted octanol–water partition coefficient (Wildman–Crippen LogP) is 5.51. The largest absolute Gasteiger partial charge is 0.347 e. The van der Waals surface area contributed by atoms with Crippen LogP contribution in [-0.4, -0.2) is 11.8 Å². The van der Waals surface area contributed by atoms with Crippen LogP contribution in [0.15, 0.2) is 78.5 Å². The Kier molecular flexibility index (Phi) is 7.61. The summed E-state index contributed by atoms with van der Waals surface area (Å²) in [4.78, 5) is 25.8. The molecule has 0 bridgehead atoms. The summed E-state index contributed by atoms with van der Waals surface area (Å²) in [7, 11) is 0. The third-order valence-electron chi connectivity index (χ3n) is 5.29. The van der Waals surface area contributed by atoms with E-state index in [4.69, 9.17) is 0 Å². The zero-order valence-corrected chi connectivity index (χ0v) is 19.1. The summed E-state index contributed by atoms with van der Waals surface area (Å²) in [5, 5.41) is 5.71. The molecule has 0 aliphatic heterocycles. The molecule has 0 unspecified atom stereocenters. The molecule has 3 rings (SSSR count). The highest BCUT2D eigenvalue weighted by atomic mass is 16.2.